The highest BCUT2D eigenvalue weighted by Gasteiger charge is 2.08. The van der Waals surface area contributed by atoms with Crippen molar-refractivity contribution in [1.82, 2.24) is 20.4 Å². The van der Waals surface area contributed by atoms with Crippen LogP contribution in [-0.4, -0.2) is 75.2 Å². The van der Waals surface area contributed by atoms with Crippen molar-refractivity contribution in [2.75, 3.05) is 59.4 Å². The van der Waals surface area contributed by atoms with E-state index in [2.05, 4.69) is 41.3 Å². The Morgan fingerprint density at radius 1 is 1.09 bits per heavy atom. The molecule has 22 heavy (non-hydrogen) atoms. The highest BCUT2D eigenvalue weighted by molar-refractivity contribution is 5.79. The molecule has 0 bridgehead atoms. The first-order chi connectivity index (χ1) is 10.8. The van der Waals surface area contributed by atoms with E-state index in [0.717, 1.165) is 38.7 Å². The maximum atomic E-state index is 4.70. The molecule has 0 unspecified atom stereocenters. The van der Waals surface area contributed by atoms with Gasteiger partial charge >= 0.3 is 0 Å². The molecule has 0 saturated carbocycles. The van der Waals surface area contributed by atoms with Gasteiger partial charge in [-0.05, 0) is 52.9 Å². The molecule has 5 nitrogen and oxygen atoms in total. The van der Waals surface area contributed by atoms with Crippen LogP contribution >= 0.6 is 0 Å². The normalized spacial score (nSPS) is 17.0. The first kappa shape index (κ1) is 19.2. The molecule has 130 valence electrons. The molecule has 1 aliphatic heterocycles. The molecule has 0 aromatic carbocycles. The van der Waals surface area contributed by atoms with Crippen LogP contribution in [0, 0.1) is 0 Å². The Labute approximate surface area is 137 Å². The van der Waals surface area contributed by atoms with Crippen LogP contribution < -0.4 is 10.6 Å². The number of hydrogen-bond donors (Lipinski definition) is 2. The highest BCUT2D eigenvalue weighted by Crippen LogP contribution is 2.07. The van der Waals surface area contributed by atoms with E-state index in [1.54, 1.807) is 0 Å². The third kappa shape index (κ3) is 9.26. The molecule has 2 N–H and O–H groups in total. The van der Waals surface area contributed by atoms with Crippen molar-refractivity contribution in [3.63, 3.8) is 0 Å². The van der Waals surface area contributed by atoms with Gasteiger partial charge in [0.25, 0.3) is 0 Å². The lowest BCUT2D eigenvalue weighted by atomic mass is 10.1. The number of piperidine rings is 1. The van der Waals surface area contributed by atoms with Gasteiger partial charge in [0.2, 0.25) is 0 Å². The fourth-order valence-electron chi connectivity index (χ4n) is 2.73. The summed E-state index contributed by atoms with van der Waals surface area (Å²) in [5.41, 5.74) is 0. The SMILES string of the molecule is CCCCN(C)CCNC(=NCCN1CCCCC1)NCC. The number of guanidine groups is 1. The number of aliphatic imine (C=N–C) groups is 1. The Bertz CT molecular complexity index is 287. The van der Waals surface area contributed by atoms with Gasteiger partial charge in [-0.1, -0.05) is 19.8 Å². The molecule has 1 saturated heterocycles. The lowest BCUT2D eigenvalue weighted by molar-refractivity contribution is 0.235. The molecule has 0 radical (unpaired) electrons. The Kier molecular flexibility index (Phi) is 11.1. The van der Waals surface area contributed by atoms with Crippen LogP contribution in [0.15, 0.2) is 4.99 Å². The number of likely N-dealkylation sites (N-methyl/N-ethyl adjacent to an activating group) is 1. The molecule has 0 aromatic heterocycles. The van der Waals surface area contributed by atoms with E-state index < -0.39 is 0 Å². The predicted octanol–water partition coefficient (Wildman–Crippen LogP) is 1.76. The van der Waals surface area contributed by atoms with Crippen molar-refractivity contribution in [2.24, 2.45) is 4.99 Å². The van der Waals surface area contributed by atoms with Crippen molar-refractivity contribution in [3.05, 3.63) is 0 Å². The van der Waals surface area contributed by atoms with E-state index in [0.29, 0.717) is 0 Å². The van der Waals surface area contributed by atoms with Gasteiger partial charge < -0.3 is 20.4 Å². The summed E-state index contributed by atoms with van der Waals surface area (Å²) in [6.45, 7) is 13.0. The summed E-state index contributed by atoms with van der Waals surface area (Å²) in [5, 5.41) is 6.78. The number of rotatable bonds is 10. The minimum absolute atomic E-state index is 0.890. The van der Waals surface area contributed by atoms with E-state index in [-0.39, 0.29) is 0 Å². The summed E-state index contributed by atoms with van der Waals surface area (Å²) >= 11 is 0. The van der Waals surface area contributed by atoms with Crippen molar-refractivity contribution >= 4 is 5.96 Å². The second kappa shape index (κ2) is 12.7. The van der Waals surface area contributed by atoms with Crippen LogP contribution in [0.2, 0.25) is 0 Å². The molecular weight excluding hydrogens is 274 g/mol. The third-order valence-electron chi connectivity index (χ3n) is 4.16. The van der Waals surface area contributed by atoms with Gasteiger partial charge in [0.15, 0.2) is 5.96 Å². The lowest BCUT2D eigenvalue weighted by Gasteiger charge is -2.25. The molecule has 1 aliphatic rings. The molecule has 0 atom stereocenters. The number of nitrogens with zero attached hydrogens (tertiary/aromatic N) is 3. The predicted molar refractivity (Wildman–Crippen MR) is 96.7 cm³/mol. The van der Waals surface area contributed by atoms with Crippen molar-refractivity contribution < 1.29 is 0 Å². The summed E-state index contributed by atoms with van der Waals surface area (Å²) in [6.07, 6.45) is 6.65. The maximum absolute atomic E-state index is 4.70. The van der Waals surface area contributed by atoms with Crippen LogP contribution in [0.5, 0.6) is 0 Å². The molecule has 0 amide bonds. The molecule has 1 rings (SSSR count). The van der Waals surface area contributed by atoms with E-state index in [1.807, 2.05) is 0 Å². The molecule has 5 heteroatoms. The van der Waals surface area contributed by atoms with Gasteiger partial charge in [-0.2, -0.15) is 0 Å². The molecule has 0 aromatic rings. The number of unbranched alkanes of at least 4 members (excludes halogenated alkanes) is 1. The van der Waals surface area contributed by atoms with Crippen LogP contribution in [0.25, 0.3) is 0 Å². The Morgan fingerprint density at radius 3 is 2.55 bits per heavy atom. The fraction of sp³-hybridized carbons (Fsp3) is 0.941. The van der Waals surface area contributed by atoms with Gasteiger partial charge in [-0.3, -0.25) is 4.99 Å². The average molecular weight is 312 g/mol. The summed E-state index contributed by atoms with van der Waals surface area (Å²) in [6, 6.07) is 0. The van der Waals surface area contributed by atoms with Crippen molar-refractivity contribution in [3.8, 4) is 0 Å². The Balaban J connectivity index is 2.20. The maximum Gasteiger partial charge on any atom is 0.191 e. The molecule has 1 heterocycles. The number of hydrogen-bond acceptors (Lipinski definition) is 3. The quantitative estimate of drug-likeness (QED) is 0.477. The van der Waals surface area contributed by atoms with E-state index >= 15 is 0 Å². The first-order valence-corrected chi connectivity index (χ1v) is 9.19. The standard InChI is InChI=1S/C17H37N5/c1-4-6-12-21(3)15-10-19-17(18-5-2)20-11-16-22-13-8-7-9-14-22/h4-16H2,1-3H3,(H2,18,19,20). The van der Waals surface area contributed by atoms with E-state index in [4.69, 9.17) is 4.99 Å². The zero-order valence-electron chi connectivity index (χ0n) is 15.0. The monoisotopic (exact) mass is 311 g/mol. The van der Waals surface area contributed by atoms with Crippen LogP contribution in [-0.2, 0) is 0 Å². The fourth-order valence-corrected chi connectivity index (χ4v) is 2.73. The first-order valence-electron chi connectivity index (χ1n) is 9.19. The summed E-state index contributed by atoms with van der Waals surface area (Å²) in [7, 11) is 2.19. The van der Waals surface area contributed by atoms with Crippen molar-refractivity contribution in [2.45, 2.75) is 46.0 Å². The molecular formula is C17H37N5. The average Bonchev–Trinajstić information content (AvgIpc) is 2.54. The van der Waals surface area contributed by atoms with Crippen LogP contribution in [0.1, 0.15) is 46.0 Å². The van der Waals surface area contributed by atoms with E-state index in [9.17, 15) is 0 Å². The van der Waals surface area contributed by atoms with Crippen LogP contribution in [0.4, 0.5) is 0 Å². The van der Waals surface area contributed by atoms with E-state index in [1.165, 1.54) is 51.7 Å². The number of nitrogens with one attached hydrogen (secondary N) is 2. The minimum Gasteiger partial charge on any atom is -0.357 e. The highest BCUT2D eigenvalue weighted by atomic mass is 15.2. The Morgan fingerprint density at radius 2 is 1.86 bits per heavy atom. The molecule has 1 fully saturated rings. The van der Waals surface area contributed by atoms with Gasteiger partial charge in [0.05, 0.1) is 6.54 Å². The second-order valence-corrected chi connectivity index (χ2v) is 6.25. The summed E-state index contributed by atoms with van der Waals surface area (Å²) < 4.78 is 0. The molecule has 0 aliphatic carbocycles. The largest absolute Gasteiger partial charge is 0.357 e. The topological polar surface area (TPSA) is 42.9 Å². The second-order valence-electron chi connectivity index (χ2n) is 6.25. The van der Waals surface area contributed by atoms with Gasteiger partial charge in [-0.25, -0.2) is 0 Å². The van der Waals surface area contributed by atoms with Gasteiger partial charge in [0, 0.05) is 26.2 Å². The summed E-state index contributed by atoms with van der Waals surface area (Å²) in [5.74, 6) is 0.961. The lowest BCUT2D eigenvalue weighted by Crippen LogP contribution is -2.41. The minimum atomic E-state index is 0.890. The zero-order chi connectivity index (χ0) is 16.0. The smallest absolute Gasteiger partial charge is 0.191 e. The van der Waals surface area contributed by atoms with Crippen molar-refractivity contribution in [1.29, 1.82) is 0 Å². The third-order valence-corrected chi connectivity index (χ3v) is 4.16. The van der Waals surface area contributed by atoms with Gasteiger partial charge in [-0.15, -0.1) is 0 Å². The number of likely N-dealkylation sites (tertiary alicyclic amines) is 1. The van der Waals surface area contributed by atoms with Gasteiger partial charge in [0.1, 0.15) is 0 Å². The van der Waals surface area contributed by atoms with Crippen LogP contribution in [0.3, 0.4) is 0 Å². The molecule has 0 spiro atoms. The summed E-state index contributed by atoms with van der Waals surface area (Å²) in [4.78, 5) is 9.62. The Hall–Kier alpha value is -0.810. The zero-order valence-corrected chi connectivity index (χ0v) is 15.0.